The molecule has 0 atom stereocenters. The van der Waals surface area contributed by atoms with Gasteiger partial charge in [-0.2, -0.15) is 0 Å². The Kier molecular flexibility index (Phi) is 4.94. The van der Waals surface area contributed by atoms with Crippen molar-refractivity contribution in [1.29, 1.82) is 0 Å². The van der Waals surface area contributed by atoms with Crippen LogP contribution in [0, 0.1) is 20.8 Å². The van der Waals surface area contributed by atoms with Crippen molar-refractivity contribution in [3.05, 3.63) is 89.5 Å². The molecule has 0 aromatic heterocycles. The molecule has 0 saturated heterocycles. The summed E-state index contributed by atoms with van der Waals surface area (Å²) in [7, 11) is -2.22. The highest BCUT2D eigenvalue weighted by atomic mass is 28.3. The molecular weight excluding hydrogens is 328 g/mol. The van der Waals surface area contributed by atoms with E-state index in [4.69, 9.17) is 0 Å². The molecule has 0 aliphatic rings. The summed E-state index contributed by atoms with van der Waals surface area (Å²) >= 11 is 0. The molecule has 0 N–H and O–H groups in total. The van der Waals surface area contributed by atoms with Gasteiger partial charge in [-0.3, -0.25) is 0 Å². The van der Waals surface area contributed by atoms with Crippen LogP contribution >= 0.6 is 0 Å². The molecule has 0 fully saturated rings. The molecule has 0 spiro atoms. The minimum Gasteiger partial charge on any atom is -0.0624 e. The van der Waals surface area contributed by atoms with E-state index in [0.29, 0.717) is 0 Å². The Morgan fingerprint density at radius 2 is 1.04 bits per heavy atom. The average Bonchev–Trinajstić information content (AvgIpc) is 2.63. The summed E-state index contributed by atoms with van der Waals surface area (Å²) in [6.45, 7) is 14.1. The van der Waals surface area contributed by atoms with E-state index in [0.717, 1.165) is 0 Å². The molecule has 3 aromatic carbocycles. The Bertz CT molecular complexity index is 847. The molecule has 0 saturated carbocycles. The van der Waals surface area contributed by atoms with Crippen LogP contribution in [0.25, 0.3) is 0 Å². The Morgan fingerprint density at radius 3 is 1.46 bits per heavy atom. The van der Waals surface area contributed by atoms with Crippen LogP contribution < -0.4 is 15.6 Å². The summed E-state index contributed by atoms with van der Waals surface area (Å²) in [6, 6.07) is 27.2. The van der Waals surface area contributed by atoms with Crippen LogP contribution in [0.1, 0.15) is 37.5 Å². The van der Waals surface area contributed by atoms with Gasteiger partial charge >= 0.3 is 0 Å². The van der Waals surface area contributed by atoms with Gasteiger partial charge in [-0.15, -0.1) is 0 Å². The number of rotatable bonds is 3. The minimum atomic E-state index is -2.22. The SMILES string of the molecule is Cc1ccc([Si](c2ccccc2)(c2ccccc2)C(C)(C)C)c(C)c1C. The molecule has 0 heterocycles. The molecular formula is C25H30Si. The summed E-state index contributed by atoms with van der Waals surface area (Å²) in [4.78, 5) is 0. The third kappa shape index (κ3) is 2.85. The summed E-state index contributed by atoms with van der Waals surface area (Å²) in [5, 5.41) is 4.67. The molecule has 3 rings (SSSR count). The molecule has 26 heavy (non-hydrogen) atoms. The molecule has 0 aliphatic carbocycles. The van der Waals surface area contributed by atoms with Crippen molar-refractivity contribution < 1.29 is 0 Å². The topological polar surface area (TPSA) is 0 Å². The summed E-state index contributed by atoms with van der Waals surface area (Å²) in [6.07, 6.45) is 0. The van der Waals surface area contributed by atoms with E-state index in [9.17, 15) is 0 Å². The highest BCUT2D eigenvalue weighted by molar-refractivity contribution is 7.13. The fraction of sp³-hybridized carbons (Fsp3) is 0.280. The standard InChI is InChI=1S/C25H30Si/c1-19-17-18-24(21(3)20(19)2)26(25(4,5)6,22-13-9-7-10-14-22)23-15-11-8-12-16-23/h7-18H,1-6H3. The molecule has 0 nitrogen and oxygen atoms in total. The number of hydrogen-bond acceptors (Lipinski definition) is 0. The van der Waals surface area contributed by atoms with Gasteiger partial charge in [0, 0.05) is 0 Å². The summed E-state index contributed by atoms with van der Waals surface area (Å²) < 4.78 is 0. The Balaban J connectivity index is 2.50. The third-order valence-electron chi connectivity index (χ3n) is 6.00. The van der Waals surface area contributed by atoms with Crippen LogP contribution in [0.15, 0.2) is 72.8 Å². The maximum absolute atomic E-state index is 2.42. The second-order valence-electron chi connectivity index (χ2n) is 8.41. The lowest BCUT2D eigenvalue weighted by Gasteiger charge is -2.45. The molecule has 0 radical (unpaired) electrons. The van der Waals surface area contributed by atoms with Crippen LogP contribution in [0.3, 0.4) is 0 Å². The predicted octanol–water partition coefficient (Wildman–Crippen LogP) is 4.88. The third-order valence-corrected chi connectivity index (χ3v) is 12.0. The Morgan fingerprint density at radius 1 is 0.577 bits per heavy atom. The molecule has 0 bridgehead atoms. The maximum Gasteiger partial charge on any atom is 0.153 e. The van der Waals surface area contributed by atoms with Crippen molar-refractivity contribution in [1.82, 2.24) is 0 Å². The smallest absolute Gasteiger partial charge is 0.0624 e. The molecule has 0 unspecified atom stereocenters. The first-order valence-electron chi connectivity index (χ1n) is 9.48. The molecule has 134 valence electrons. The van der Waals surface area contributed by atoms with Crippen molar-refractivity contribution in [3.8, 4) is 0 Å². The first-order chi connectivity index (χ1) is 12.3. The van der Waals surface area contributed by atoms with Gasteiger partial charge in [0.25, 0.3) is 0 Å². The van der Waals surface area contributed by atoms with E-state index < -0.39 is 8.07 Å². The highest BCUT2D eigenvalue weighted by Crippen LogP contribution is 2.36. The number of aryl methyl sites for hydroxylation is 1. The summed E-state index contributed by atoms with van der Waals surface area (Å²) in [5.41, 5.74) is 4.26. The second-order valence-corrected chi connectivity index (χ2v) is 13.1. The van der Waals surface area contributed by atoms with Crippen molar-refractivity contribution in [2.75, 3.05) is 0 Å². The first kappa shape index (κ1) is 18.7. The summed E-state index contributed by atoms with van der Waals surface area (Å²) in [5.74, 6) is 0. The van der Waals surface area contributed by atoms with E-state index in [1.165, 1.54) is 27.1 Å². The molecule has 3 aromatic rings. The zero-order chi connectivity index (χ0) is 18.9. The quantitative estimate of drug-likeness (QED) is 0.462. The average molecular weight is 359 g/mol. The van der Waals surface area contributed by atoms with Gasteiger partial charge in [-0.05, 0) is 58.1 Å². The van der Waals surface area contributed by atoms with Crippen LogP contribution in [0.4, 0.5) is 0 Å². The number of hydrogen-bond donors (Lipinski definition) is 0. The van der Waals surface area contributed by atoms with Gasteiger partial charge in [0.1, 0.15) is 0 Å². The Labute approximate surface area is 159 Å². The van der Waals surface area contributed by atoms with Crippen LogP contribution in [-0.2, 0) is 0 Å². The van der Waals surface area contributed by atoms with Gasteiger partial charge in [0.15, 0.2) is 8.07 Å². The van der Waals surface area contributed by atoms with E-state index in [-0.39, 0.29) is 5.04 Å². The Hall–Kier alpha value is -2.12. The normalized spacial score (nSPS) is 12.2. The van der Waals surface area contributed by atoms with Crippen LogP contribution in [-0.4, -0.2) is 8.07 Å². The van der Waals surface area contributed by atoms with E-state index >= 15 is 0 Å². The lowest BCUT2D eigenvalue weighted by Crippen LogP contribution is -2.72. The second kappa shape index (κ2) is 6.89. The lowest BCUT2D eigenvalue weighted by atomic mass is 10.0. The van der Waals surface area contributed by atoms with Crippen molar-refractivity contribution >= 4 is 23.6 Å². The fourth-order valence-corrected chi connectivity index (χ4v) is 10.4. The van der Waals surface area contributed by atoms with Gasteiger partial charge < -0.3 is 0 Å². The van der Waals surface area contributed by atoms with Gasteiger partial charge in [0.05, 0.1) is 0 Å². The zero-order valence-electron chi connectivity index (χ0n) is 16.9. The van der Waals surface area contributed by atoms with Crippen molar-refractivity contribution in [2.24, 2.45) is 0 Å². The van der Waals surface area contributed by atoms with E-state index in [1.807, 2.05) is 0 Å². The lowest BCUT2D eigenvalue weighted by molar-refractivity contribution is 0.739. The van der Waals surface area contributed by atoms with Gasteiger partial charge in [-0.1, -0.05) is 93.6 Å². The fourth-order valence-electron chi connectivity index (χ4n) is 4.49. The van der Waals surface area contributed by atoms with Crippen LogP contribution in [0.2, 0.25) is 5.04 Å². The first-order valence-corrected chi connectivity index (χ1v) is 11.5. The number of benzene rings is 3. The highest BCUT2D eigenvalue weighted by Gasteiger charge is 2.49. The predicted molar refractivity (Wildman–Crippen MR) is 118 cm³/mol. The molecule has 0 aliphatic heterocycles. The van der Waals surface area contributed by atoms with Crippen molar-refractivity contribution in [3.63, 3.8) is 0 Å². The maximum atomic E-state index is 2.42. The van der Waals surface area contributed by atoms with E-state index in [1.54, 1.807) is 5.19 Å². The van der Waals surface area contributed by atoms with Gasteiger partial charge in [-0.25, -0.2) is 0 Å². The monoisotopic (exact) mass is 358 g/mol. The molecule has 0 amide bonds. The largest absolute Gasteiger partial charge is 0.153 e. The van der Waals surface area contributed by atoms with Crippen LogP contribution in [0.5, 0.6) is 0 Å². The minimum absolute atomic E-state index is 0.141. The molecule has 1 heteroatoms. The van der Waals surface area contributed by atoms with E-state index in [2.05, 4.69) is 114 Å². The van der Waals surface area contributed by atoms with Crippen molar-refractivity contribution in [2.45, 2.75) is 46.6 Å². The zero-order valence-corrected chi connectivity index (χ0v) is 17.9. The van der Waals surface area contributed by atoms with Gasteiger partial charge in [0.2, 0.25) is 0 Å².